The number of rotatable bonds is 9. The number of aryl methyl sites for hydroxylation is 2. The zero-order valence-electron chi connectivity index (χ0n) is 17.6. The summed E-state index contributed by atoms with van der Waals surface area (Å²) in [4.78, 5) is 12.4. The Kier molecular flexibility index (Phi) is 8.72. The summed E-state index contributed by atoms with van der Waals surface area (Å²) in [5.74, 6) is 2.56. The number of anilines is 1. The molecule has 0 bridgehead atoms. The highest BCUT2D eigenvalue weighted by atomic mass is 35.5. The van der Waals surface area contributed by atoms with Gasteiger partial charge in [0.25, 0.3) is 0 Å². The third-order valence-electron chi connectivity index (χ3n) is 4.60. The minimum atomic E-state index is -0.0593. The van der Waals surface area contributed by atoms with Crippen LogP contribution in [0, 0.1) is 13.8 Å². The maximum absolute atomic E-state index is 12.4. The fourth-order valence-electron chi connectivity index (χ4n) is 3.01. The molecule has 2 aromatic carbocycles. The Morgan fingerprint density at radius 3 is 2.61 bits per heavy atom. The molecule has 0 aliphatic rings. The number of carbonyl (C=O) groups excluding carboxylic acids is 1. The van der Waals surface area contributed by atoms with E-state index in [2.05, 4.69) is 21.6 Å². The van der Waals surface area contributed by atoms with Gasteiger partial charge in [0.05, 0.1) is 11.5 Å². The van der Waals surface area contributed by atoms with Crippen molar-refractivity contribution >= 4 is 58.3 Å². The van der Waals surface area contributed by atoms with Crippen LogP contribution >= 0.6 is 46.7 Å². The van der Waals surface area contributed by atoms with Crippen molar-refractivity contribution in [2.75, 3.05) is 11.1 Å². The monoisotopic (exact) mass is 494 g/mol. The summed E-state index contributed by atoms with van der Waals surface area (Å²) >= 11 is 15.3. The van der Waals surface area contributed by atoms with E-state index >= 15 is 0 Å². The van der Waals surface area contributed by atoms with Gasteiger partial charge in [-0.1, -0.05) is 58.7 Å². The van der Waals surface area contributed by atoms with Gasteiger partial charge >= 0.3 is 0 Å². The van der Waals surface area contributed by atoms with Crippen LogP contribution in [0.1, 0.15) is 29.4 Å². The molecule has 0 atom stereocenters. The van der Waals surface area contributed by atoms with Gasteiger partial charge in [0.1, 0.15) is 5.82 Å². The van der Waals surface area contributed by atoms with Gasteiger partial charge in [-0.3, -0.25) is 4.79 Å². The standard InChI is InChI=1S/C22H24Cl2N4OS2/c1-4-28-20(12-30-11-16-6-7-17(23)10-18(16)24)26-27-22(28)31-13-21(29)25-19-8-5-14(2)9-15(19)3/h5-10H,4,11-13H2,1-3H3,(H,25,29). The van der Waals surface area contributed by atoms with Crippen LogP contribution < -0.4 is 5.32 Å². The van der Waals surface area contributed by atoms with E-state index in [1.807, 2.05) is 49.6 Å². The number of benzene rings is 2. The first-order valence-corrected chi connectivity index (χ1v) is 12.7. The van der Waals surface area contributed by atoms with Crippen LogP contribution in [0.5, 0.6) is 0 Å². The van der Waals surface area contributed by atoms with E-state index in [-0.39, 0.29) is 11.7 Å². The Hall–Kier alpha value is -1.67. The number of aromatic nitrogens is 3. The van der Waals surface area contributed by atoms with Crippen LogP contribution in [0.4, 0.5) is 5.69 Å². The molecule has 1 N–H and O–H groups in total. The molecule has 164 valence electrons. The Morgan fingerprint density at radius 2 is 1.90 bits per heavy atom. The molecule has 0 aliphatic carbocycles. The maximum atomic E-state index is 12.4. The van der Waals surface area contributed by atoms with E-state index < -0.39 is 0 Å². The summed E-state index contributed by atoms with van der Waals surface area (Å²) in [6.45, 7) is 6.82. The van der Waals surface area contributed by atoms with Crippen molar-refractivity contribution in [1.82, 2.24) is 14.8 Å². The minimum absolute atomic E-state index is 0.0593. The van der Waals surface area contributed by atoms with E-state index in [1.54, 1.807) is 17.8 Å². The number of amides is 1. The highest BCUT2D eigenvalue weighted by Crippen LogP contribution is 2.27. The first-order chi connectivity index (χ1) is 14.9. The van der Waals surface area contributed by atoms with Crippen LogP contribution in [0.25, 0.3) is 0 Å². The van der Waals surface area contributed by atoms with Gasteiger partial charge in [-0.25, -0.2) is 0 Å². The van der Waals surface area contributed by atoms with Crippen LogP contribution in [-0.2, 0) is 22.8 Å². The molecule has 0 spiro atoms. The largest absolute Gasteiger partial charge is 0.325 e. The number of hydrogen-bond donors (Lipinski definition) is 1. The molecule has 0 saturated carbocycles. The number of thioether (sulfide) groups is 2. The molecule has 31 heavy (non-hydrogen) atoms. The van der Waals surface area contributed by atoms with E-state index in [0.717, 1.165) is 40.1 Å². The fourth-order valence-corrected chi connectivity index (χ4v) is 5.36. The molecule has 0 saturated heterocycles. The molecule has 0 fully saturated rings. The Labute approximate surface area is 201 Å². The number of nitrogens with one attached hydrogen (secondary N) is 1. The lowest BCUT2D eigenvalue weighted by atomic mass is 10.1. The highest BCUT2D eigenvalue weighted by Gasteiger charge is 2.14. The van der Waals surface area contributed by atoms with Crippen LogP contribution in [-0.4, -0.2) is 26.4 Å². The molecule has 0 radical (unpaired) electrons. The average molecular weight is 496 g/mol. The number of nitrogens with zero attached hydrogens (tertiary/aromatic N) is 3. The lowest BCUT2D eigenvalue weighted by molar-refractivity contribution is -0.113. The van der Waals surface area contributed by atoms with Crippen LogP contribution in [0.3, 0.4) is 0 Å². The topological polar surface area (TPSA) is 59.8 Å². The molecule has 3 aromatic rings. The van der Waals surface area contributed by atoms with Gasteiger partial charge in [-0.15, -0.1) is 22.0 Å². The number of halogens is 2. The van der Waals surface area contributed by atoms with Crippen molar-refractivity contribution < 1.29 is 4.79 Å². The second-order valence-corrected chi connectivity index (χ2v) is 9.80. The third kappa shape index (κ3) is 6.65. The van der Waals surface area contributed by atoms with Crippen molar-refractivity contribution in [3.63, 3.8) is 0 Å². The molecular weight excluding hydrogens is 471 g/mol. The number of carbonyl (C=O) groups is 1. The quantitative estimate of drug-likeness (QED) is 0.349. The summed E-state index contributed by atoms with van der Waals surface area (Å²) in [6, 6.07) is 11.5. The SMILES string of the molecule is CCn1c(CSCc2ccc(Cl)cc2Cl)nnc1SCC(=O)Nc1ccc(C)cc1C. The smallest absolute Gasteiger partial charge is 0.234 e. The van der Waals surface area contributed by atoms with E-state index in [4.69, 9.17) is 23.2 Å². The summed E-state index contributed by atoms with van der Waals surface area (Å²) in [5.41, 5.74) is 4.10. The van der Waals surface area contributed by atoms with Gasteiger partial charge in [-0.05, 0) is 50.1 Å². The van der Waals surface area contributed by atoms with Crippen molar-refractivity contribution in [3.8, 4) is 0 Å². The molecule has 1 heterocycles. The fraction of sp³-hybridized carbons (Fsp3) is 0.318. The molecule has 1 aromatic heterocycles. The van der Waals surface area contributed by atoms with Gasteiger partial charge in [-0.2, -0.15) is 0 Å². The first kappa shape index (κ1) is 24.0. The zero-order chi connectivity index (χ0) is 22.4. The lowest BCUT2D eigenvalue weighted by Gasteiger charge is -2.10. The highest BCUT2D eigenvalue weighted by molar-refractivity contribution is 7.99. The minimum Gasteiger partial charge on any atom is -0.325 e. The molecule has 0 aliphatic heterocycles. The van der Waals surface area contributed by atoms with Crippen molar-refractivity contribution in [1.29, 1.82) is 0 Å². The Balaban J connectivity index is 1.54. The van der Waals surface area contributed by atoms with Crippen molar-refractivity contribution in [2.24, 2.45) is 0 Å². The maximum Gasteiger partial charge on any atom is 0.234 e. The third-order valence-corrected chi connectivity index (χ3v) is 7.13. The average Bonchev–Trinajstić information content (AvgIpc) is 3.12. The molecule has 5 nitrogen and oxygen atoms in total. The Morgan fingerprint density at radius 1 is 1.10 bits per heavy atom. The predicted octanol–water partition coefficient (Wildman–Crippen LogP) is 6.39. The normalized spacial score (nSPS) is 11.0. The second kappa shape index (κ2) is 11.3. The molecule has 9 heteroatoms. The zero-order valence-corrected chi connectivity index (χ0v) is 20.8. The van der Waals surface area contributed by atoms with Gasteiger partial charge in [0.2, 0.25) is 5.91 Å². The van der Waals surface area contributed by atoms with E-state index in [1.165, 1.54) is 17.3 Å². The summed E-state index contributed by atoms with van der Waals surface area (Å²) < 4.78 is 2.05. The van der Waals surface area contributed by atoms with Gasteiger partial charge in [0.15, 0.2) is 5.16 Å². The molecule has 0 unspecified atom stereocenters. The van der Waals surface area contributed by atoms with Crippen LogP contribution in [0.2, 0.25) is 10.0 Å². The Bertz CT molecular complexity index is 1070. The lowest BCUT2D eigenvalue weighted by Crippen LogP contribution is -2.15. The summed E-state index contributed by atoms with van der Waals surface area (Å²) in [5, 5.41) is 13.6. The number of hydrogen-bond acceptors (Lipinski definition) is 5. The van der Waals surface area contributed by atoms with Crippen molar-refractivity contribution in [3.05, 3.63) is 69.0 Å². The van der Waals surface area contributed by atoms with E-state index in [9.17, 15) is 4.79 Å². The summed E-state index contributed by atoms with van der Waals surface area (Å²) in [7, 11) is 0. The van der Waals surface area contributed by atoms with Crippen LogP contribution in [0.15, 0.2) is 41.6 Å². The second-order valence-electron chi connectivity index (χ2n) is 7.03. The van der Waals surface area contributed by atoms with Gasteiger partial charge in [0, 0.05) is 28.0 Å². The predicted molar refractivity (Wildman–Crippen MR) is 132 cm³/mol. The van der Waals surface area contributed by atoms with Gasteiger partial charge < -0.3 is 9.88 Å². The molecule has 3 rings (SSSR count). The molecule has 1 amide bonds. The van der Waals surface area contributed by atoms with Crippen molar-refractivity contribution in [2.45, 2.75) is 44.0 Å². The van der Waals surface area contributed by atoms with E-state index in [0.29, 0.717) is 15.8 Å². The first-order valence-electron chi connectivity index (χ1n) is 9.81. The molecular formula is C22H24Cl2N4OS2. The summed E-state index contributed by atoms with van der Waals surface area (Å²) in [6.07, 6.45) is 0.